The van der Waals surface area contributed by atoms with Crippen molar-refractivity contribution in [3.8, 4) is 0 Å². The number of likely N-dealkylation sites (N-methyl/N-ethyl adjacent to an activating group) is 1. The fourth-order valence-electron chi connectivity index (χ4n) is 2.85. The van der Waals surface area contributed by atoms with Crippen LogP contribution in [0.1, 0.15) is 5.56 Å². The molecule has 1 aliphatic heterocycles. The normalized spacial score (nSPS) is 15.5. The van der Waals surface area contributed by atoms with Gasteiger partial charge in [0.05, 0.1) is 0 Å². The molecule has 1 N–H and O–H groups in total. The molecule has 0 radical (unpaired) electrons. The Bertz CT molecular complexity index is 750. The summed E-state index contributed by atoms with van der Waals surface area (Å²) in [6.07, 6.45) is 3.45. The molecule has 25 heavy (non-hydrogen) atoms. The average Bonchev–Trinajstić information content (AvgIpc) is 2.63. The van der Waals surface area contributed by atoms with Gasteiger partial charge in [-0.2, -0.15) is 0 Å². The van der Waals surface area contributed by atoms with E-state index in [9.17, 15) is 4.79 Å². The summed E-state index contributed by atoms with van der Waals surface area (Å²) in [5.41, 5.74) is 2.95. The molecule has 0 bridgehead atoms. The largest absolute Gasteiger partial charge is 0.368 e. The maximum Gasteiger partial charge on any atom is 0.248 e. The summed E-state index contributed by atoms with van der Waals surface area (Å²) in [4.78, 5) is 16.8. The molecule has 3 rings (SSSR count). The second kappa shape index (κ2) is 8.19. The second-order valence-corrected chi connectivity index (χ2v) is 6.62. The fourth-order valence-corrected chi connectivity index (χ4v) is 2.97. The minimum absolute atomic E-state index is 0.157. The Balaban J connectivity index is 1.68. The summed E-state index contributed by atoms with van der Waals surface area (Å²) in [6.45, 7) is 4.10. The van der Waals surface area contributed by atoms with E-state index in [0.717, 1.165) is 37.4 Å². The van der Waals surface area contributed by atoms with Crippen LogP contribution in [0.15, 0.2) is 54.6 Å². The van der Waals surface area contributed by atoms with Gasteiger partial charge in [0.2, 0.25) is 5.91 Å². The van der Waals surface area contributed by atoms with Crippen molar-refractivity contribution in [1.82, 2.24) is 4.90 Å². The molecule has 1 amide bonds. The molecule has 1 fully saturated rings. The Kier molecular flexibility index (Phi) is 5.74. The maximum absolute atomic E-state index is 12.2. The van der Waals surface area contributed by atoms with E-state index >= 15 is 0 Å². The van der Waals surface area contributed by atoms with Crippen molar-refractivity contribution < 1.29 is 4.79 Å². The van der Waals surface area contributed by atoms with Crippen LogP contribution < -0.4 is 10.2 Å². The highest BCUT2D eigenvalue weighted by molar-refractivity contribution is 6.30. The van der Waals surface area contributed by atoms with Crippen LogP contribution in [0.3, 0.4) is 0 Å². The monoisotopic (exact) mass is 355 g/mol. The van der Waals surface area contributed by atoms with Gasteiger partial charge in [0.1, 0.15) is 0 Å². The smallest absolute Gasteiger partial charge is 0.248 e. The van der Waals surface area contributed by atoms with Gasteiger partial charge in [-0.15, -0.1) is 0 Å². The predicted molar refractivity (Wildman–Crippen MR) is 105 cm³/mol. The van der Waals surface area contributed by atoms with Crippen molar-refractivity contribution in [1.29, 1.82) is 0 Å². The number of nitrogens with one attached hydrogen (secondary N) is 1. The molecule has 130 valence electrons. The third-order valence-electron chi connectivity index (χ3n) is 4.31. The molecule has 0 atom stereocenters. The molecule has 0 saturated carbocycles. The Hall–Kier alpha value is -2.30. The van der Waals surface area contributed by atoms with Crippen molar-refractivity contribution in [2.45, 2.75) is 0 Å². The number of carbonyl (C=O) groups is 1. The Morgan fingerprint density at radius 1 is 1.04 bits per heavy atom. The molecule has 1 saturated heterocycles. The molecule has 0 unspecified atom stereocenters. The highest BCUT2D eigenvalue weighted by Gasteiger charge is 2.15. The quantitative estimate of drug-likeness (QED) is 0.848. The van der Waals surface area contributed by atoms with Crippen molar-refractivity contribution >= 4 is 35.0 Å². The van der Waals surface area contributed by atoms with Crippen LogP contribution in [0.4, 0.5) is 11.4 Å². The van der Waals surface area contributed by atoms with Gasteiger partial charge >= 0.3 is 0 Å². The summed E-state index contributed by atoms with van der Waals surface area (Å²) in [5, 5.41) is 3.49. The number of benzene rings is 2. The lowest BCUT2D eigenvalue weighted by molar-refractivity contribution is -0.111. The number of hydrogen-bond donors (Lipinski definition) is 1. The van der Waals surface area contributed by atoms with Gasteiger partial charge in [-0.25, -0.2) is 0 Å². The molecule has 2 aromatic rings. The highest BCUT2D eigenvalue weighted by Crippen LogP contribution is 2.23. The van der Waals surface area contributed by atoms with Crippen molar-refractivity contribution in [3.05, 3.63) is 65.2 Å². The molecule has 4 nitrogen and oxygen atoms in total. The summed E-state index contributed by atoms with van der Waals surface area (Å²) >= 11 is 5.86. The van der Waals surface area contributed by atoms with E-state index in [2.05, 4.69) is 28.2 Å². The Labute approximate surface area is 153 Å². The lowest BCUT2D eigenvalue weighted by Gasteiger charge is -2.34. The SMILES string of the molecule is CN1CCN(c2ccccc2C=CC(=O)Nc2ccc(Cl)cc2)CC1. The van der Waals surface area contributed by atoms with E-state index in [1.54, 1.807) is 30.3 Å². The van der Waals surface area contributed by atoms with Crippen LogP contribution in [0.25, 0.3) is 6.08 Å². The molecular formula is C20H22ClN3O. The molecule has 1 aliphatic rings. The van der Waals surface area contributed by atoms with Crippen molar-refractivity contribution in [2.75, 3.05) is 43.4 Å². The number of hydrogen-bond acceptors (Lipinski definition) is 3. The molecule has 0 spiro atoms. The average molecular weight is 356 g/mol. The topological polar surface area (TPSA) is 35.6 Å². The zero-order valence-electron chi connectivity index (χ0n) is 14.3. The summed E-state index contributed by atoms with van der Waals surface area (Å²) in [5.74, 6) is -0.157. The van der Waals surface area contributed by atoms with Gasteiger partial charge in [0, 0.05) is 48.7 Å². The lowest BCUT2D eigenvalue weighted by Crippen LogP contribution is -2.44. The predicted octanol–water partition coefficient (Wildman–Crippen LogP) is 3.74. The van der Waals surface area contributed by atoms with E-state index < -0.39 is 0 Å². The van der Waals surface area contributed by atoms with E-state index in [1.165, 1.54) is 5.69 Å². The second-order valence-electron chi connectivity index (χ2n) is 6.18. The van der Waals surface area contributed by atoms with E-state index in [1.807, 2.05) is 24.3 Å². The van der Waals surface area contributed by atoms with Crippen LogP contribution in [0, 0.1) is 0 Å². The van der Waals surface area contributed by atoms with E-state index in [0.29, 0.717) is 5.02 Å². The third kappa shape index (κ3) is 4.84. The molecular weight excluding hydrogens is 334 g/mol. The highest BCUT2D eigenvalue weighted by atomic mass is 35.5. The third-order valence-corrected chi connectivity index (χ3v) is 4.56. The van der Waals surface area contributed by atoms with E-state index in [4.69, 9.17) is 11.6 Å². The number of rotatable bonds is 4. The molecule has 5 heteroatoms. The van der Waals surface area contributed by atoms with Crippen LogP contribution in [0.2, 0.25) is 5.02 Å². The van der Waals surface area contributed by atoms with Gasteiger partial charge in [-0.1, -0.05) is 29.8 Å². The minimum Gasteiger partial charge on any atom is -0.368 e. The van der Waals surface area contributed by atoms with Crippen LogP contribution >= 0.6 is 11.6 Å². The summed E-state index contributed by atoms with van der Waals surface area (Å²) in [7, 11) is 2.14. The zero-order chi connectivity index (χ0) is 17.6. The number of anilines is 2. The first-order valence-electron chi connectivity index (χ1n) is 8.39. The molecule has 2 aromatic carbocycles. The molecule has 1 heterocycles. The first-order chi connectivity index (χ1) is 12.1. The minimum atomic E-state index is -0.157. The van der Waals surface area contributed by atoms with Gasteiger partial charge < -0.3 is 15.1 Å². The van der Waals surface area contributed by atoms with Gasteiger partial charge in [-0.3, -0.25) is 4.79 Å². The first-order valence-corrected chi connectivity index (χ1v) is 8.77. The van der Waals surface area contributed by atoms with Gasteiger partial charge in [0.15, 0.2) is 0 Å². The van der Waals surface area contributed by atoms with Crippen molar-refractivity contribution in [2.24, 2.45) is 0 Å². The number of halogens is 1. The number of piperazine rings is 1. The zero-order valence-corrected chi connectivity index (χ0v) is 15.0. The molecule has 0 aromatic heterocycles. The van der Waals surface area contributed by atoms with Crippen LogP contribution in [0.5, 0.6) is 0 Å². The van der Waals surface area contributed by atoms with Gasteiger partial charge in [0.25, 0.3) is 0 Å². The number of carbonyl (C=O) groups excluding carboxylic acids is 1. The van der Waals surface area contributed by atoms with Crippen molar-refractivity contribution in [3.63, 3.8) is 0 Å². The van der Waals surface area contributed by atoms with E-state index in [-0.39, 0.29) is 5.91 Å². The van der Waals surface area contributed by atoms with Gasteiger partial charge in [-0.05, 0) is 49.0 Å². The van der Waals surface area contributed by atoms with Crippen LogP contribution in [-0.4, -0.2) is 44.0 Å². The maximum atomic E-state index is 12.2. The number of nitrogens with zero attached hydrogens (tertiary/aromatic N) is 2. The number of amides is 1. The number of para-hydroxylation sites is 1. The lowest BCUT2D eigenvalue weighted by atomic mass is 10.1. The summed E-state index contributed by atoms with van der Waals surface area (Å²) in [6, 6.07) is 15.3. The summed E-state index contributed by atoms with van der Waals surface area (Å²) < 4.78 is 0. The standard InChI is InChI=1S/C20H22ClN3O/c1-23-12-14-24(15-13-23)19-5-3-2-4-16(19)6-11-20(25)22-18-9-7-17(21)8-10-18/h2-11H,12-15H2,1H3,(H,22,25). The van der Waals surface area contributed by atoms with Crippen LogP contribution in [-0.2, 0) is 4.79 Å². The Morgan fingerprint density at radius 2 is 1.72 bits per heavy atom. The molecule has 0 aliphatic carbocycles. The Morgan fingerprint density at radius 3 is 2.44 bits per heavy atom. The first kappa shape index (κ1) is 17.5. The fraction of sp³-hybridized carbons (Fsp3) is 0.250.